The molecule has 0 saturated heterocycles. The van der Waals surface area contributed by atoms with Crippen LogP contribution in [0.5, 0.6) is 5.75 Å². The molecule has 0 bridgehead atoms. The largest absolute Gasteiger partial charge is 0.484 e. The van der Waals surface area contributed by atoms with Crippen LogP contribution in [-0.2, 0) is 0 Å². The molecular weight excluding hydrogens is 382 g/mol. The van der Waals surface area contributed by atoms with Crippen LogP contribution in [0.3, 0.4) is 0 Å². The van der Waals surface area contributed by atoms with Gasteiger partial charge in [-0.2, -0.15) is 0 Å². The first-order chi connectivity index (χ1) is 9.49. The van der Waals surface area contributed by atoms with Crippen LogP contribution in [0.4, 0.5) is 0 Å². The molecule has 0 aliphatic heterocycles. The average molecular weight is 399 g/mol. The molecule has 0 heterocycles. The Hall–Kier alpha value is -0.840. The van der Waals surface area contributed by atoms with Gasteiger partial charge in [-0.3, -0.25) is 0 Å². The molecule has 0 saturated carbocycles. The van der Waals surface area contributed by atoms with E-state index in [-0.39, 0.29) is 12.1 Å². The third-order valence-corrected chi connectivity index (χ3v) is 4.30. The number of hydrogen-bond donors (Lipinski definition) is 1. The Kier molecular flexibility index (Phi) is 5.24. The number of halogens is 2. The van der Waals surface area contributed by atoms with E-state index in [4.69, 9.17) is 10.5 Å². The standard InChI is InChI=1S/C16H17Br2NO/c1-10-9-12(17)7-8-15(10)20-16(11(2)19)13-5-3-4-6-14(13)18/h3-9,11,16H,19H2,1-2H3. The van der Waals surface area contributed by atoms with Gasteiger partial charge in [-0.1, -0.05) is 50.1 Å². The number of ether oxygens (including phenoxy) is 1. The second kappa shape index (κ2) is 6.74. The van der Waals surface area contributed by atoms with E-state index in [9.17, 15) is 0 Å². The normalized spacial score (nSPS) is 13.8. The molecule has 2 unspecified atom stereocenters. The maximum Gasteiger partial charge on any atom is 0.140 e. The van der Waals surface area contributed by atoms with E-state index in [1.165, 1.54) is 0 Å². The Balaban J connectivity index is 2.33. The summed E-state index contributed by atoms with van der Waals surface area (Å²) in [5.74, 6) is 0.853. The average Bonchev–Trinajstić information content (AvgIpc) is 2.39. The van der Waals surface area contributed by atoms with Gasteiger partial charge >= 0.3 is 0 Å². The lowest BCUT2D eigenvalue weighted by atomic mass is 10.0. The summed E-state index contributed by atoms with van der Waals surface area (Å²) < 4.78 is 8.21. The molecule has 4 heteroatoms. The topological polar surface area (TPSA) is 35.2 Å². The van der Waals surface area contributed by atoms with Gasteiger partial charge in [-0.05, 0) is 43.7 Å². The van der Waals surface area contributed by atoms with Crippen molar-refractivity contribution in [2.24, 2.45) is 5.73 Å². The van der Waals surface area contributed by atoms with Gasteiger partial charge in [0.15, 0.2) is 0 Å². The second-order valence-electron chi connectivity index (χ2n) is 4.83. The molecule has 0 aliphatic rings. The zero-order valence-electron chi connectivity index (χ0n) is 11.4. The van der Waals surface area contributed by atoms with Crippen molar-refractivity contribution in [3.8, 4) is 5.75 Å². The molecule has 20 heavy (non-hydrogen) atoms. The molecule has 0 fully saturated rings. The Labute approximate surface area is 136 Å². The number of nitrogens with two attached hydrogens (primary N) is 1. The quantitative estimate of drug-likeness (QED) is 0.787. The maximum absolute atomic E-state index is 6.15. The van der Waals surface area contributed by atoms with E-state index in [1.54, 1.807) is 0 Å². The highest BCUT2D eigenvalue weighted by molar-refractivity contribution is 9.10. The third kappa shape index (κ3) is 3.62. The van der Waals surface area contributed by atoms with E-state index in [0.29, 0.717) is 0 Å². The Morgan fingerprint density at radius 1 is 1.10 bits per heavy atom. The molecule has 2 nitrogen and oxygen atoms in total. The van der Waals surface area contributed by atoms with Crippen LogP contribution in [0.15, 0.2) is 51.4 Å². The van der Waals surface area contributed by atoms with Crippen LogP contribution >= 0.6 is 31.9 Å². The summed E-state index contributed by atoms with van der Waals surface area (Å²) in [6.07, 6.45) is -0.189. The van der Waals surface area contributed by atoms with Crippen LogP contribution < -0.4 is 10.5 Å². The van der Waals surface area contributed by atoms with Crippen LogP contribution in [0.25, 0.3) is 0 Å². The minimum Gasteiger partial charge on any atom is -0.484 e. The fourth-order valence-corrected chi connectivity index (χ4v) is 3.03. The van der Waals surface area contributed by atoms with Crippen molar-refractivity contribution in [1.82, 2.24) is 0 Å². The van der Waals surface area contributed by atoms with E-state index in [0.717, 1.165) is 25.8 Å². The zero-order valence-corrected chi connectivity index (χ0v) is 14.6. The number of hydrogen-bond acceptors (Lipinski definition) is 2. The van der Waals surface area contributed by atoms with E-state index >= 15 is 0 Å². The van der Waals surface area contributed by atoms with Gasteiger partial charge in [-0.15, -0.1) is 0 Å². The Morgan fingerprint density at radius 3 is 2.40 bits per heavy atom. The predicted molar refractivity (Wildman–Crippen MR) is 90.0 cm³/mol. The van der Waals surface area contributed by atoms with Gasteiger partial charge in [0.2, 0.25) is 0 Å². The lowest BCUT2D eigenvalue weighted by molar-refractivity contribution is 0.178. The number of rotatable bonds is 4. The summed E-state index contributed by atoms with van der Waals surface area (Å²) in [6.45, 7) is 3.98. The Morgan fingerprint density at radius 2 is 1.80 bits per heavy atom. The maximum atomic E-state index is 6.15. The molecule has 2 rings (SSSR count). The van der Waals surface area contributed by atoms with Gasteiger partial charge in [0, 0.05) is 20.6 Å². The fraction of sp³-hybridized carbons (Fsp3) is 0.250. The zero-order chi connectivity index (χ0) is 14.7. The molecule has 0 spiro atoms. The van der Waals surface area contributed by atoms with Gasteiger partial charge in [-0.25, -0.2) is 0 Å². The smallest absolute Gasteiger partial charge is 0.140 e. The molecule has 0 amide bonds. The van der Waals surface area contributed by atoms with Crippen LogP contribution in [0, 0.1) is 6.92 Å². The van der Waals surface area contributed by atoms with Gasteiger partial charge in [0.25, 0.3) is 0 Å². The van der Waals surface area contributed by atoms with Gasteiger partial charge in [0.05, 0.1) is 0 Å². The van der Waals surface area contributed by atoms with Crippen molar-refractivity contribution in [2.75, 3.05) is 0 Å². The van der Waals surface area contributed by atoms with Crippen LogP contribution in [0.1, 0.15) is 24.2 Å². The van der Waals surface area contributed by atoms with Crippen molar-refractivity contribution in [3.05, 3.63) is 62.5 Å². The highest BCUT2D eigenvalue weighted by atomic mass is 79.9. The predicted octanol–water partition coefficient (Wildman–Crippen LogP) is 4.99. The van der Waals surface area contributed by atoms with Gasteiger partial charge < -0.3 is 10.5 Å². The molecule has 2 atom stereocenters. The van der Waals surface area contributed by atoms with Crippen molar-refractivity contribution in [3.63, 3.8) is 0 Å². The lowest BCUT2D eigenvalue weighted by Crippen LogP contribution is -2.29. The molecule has 2 N–H and O–H groups in total. The molecule has 2 aromatic rings. The van der Waals surface area contributed by atoms with Gasteiger partial charge in [0.1, 0.15) is 11.9 Å². The highest BCUT2D eigenvalue weighted by Crippen LogP contribution is 2.32. The van der Waals surface area contributed by atoms with E-state index in [2.05, 4.69) is 31.9 Å². The molecule has 106 valence electrons. The van der Waals surface area contributed by atoms with Crippen LogP contribution in [-0.4, -0.2) is 6.04 Å². The number of aryl methyl sites for hydroxylation is 1. The summed E-state index contributed by atoms with van der Waals surface area (Å²) in [5, 5.41) is 0. The SMILES string of the molecule is Cc1cc(Br)ccc1OC(c1ccccc1Br)C(C)N. The first-order valence-electron chi connectivity index (χ1n) is 6.42. The van der Waals surface area contributed by atoms with Crippen molar-refractivity contribution >= 4 is 31.9 Å². The van der Waals surface area contributed by atoms with Crippen molar-refractivity contribution < 1.29 is 4.74 Å². The number of benzene rings is 2. The summed E-state index contributed by atoms with van der Waals surface area (Å²) in [6, 6.07) is 13.9. The third-order valence-electron chi connectivity index (χ3n) is 3.08. The lowest BCUT2D eigenvalue weighted by Gasteiger charge is -2.25. The minimum atomic E-state index is -0.189. The summed E-state index contributed by atoms with van der Waals surface area (Å²) in [4.78, 5) is 0. The first-order valence-corrected chi connectivity index (χ1v) is 8.00. The van der Waals surface area contributed by atoms with E-state index in [1.807, 2.05) is 56.3 Å². The van der Waals surface area contributed by atoms with Crippen LogP contribution in [0.2, 0.25) is 0 Å². The van der Waals surface area contributed by atoms with Crippen molar-refractivity contribution in [1.29, 1.82) is 0 Å². The Bertz CT molecular complexity index is 599. The fourth-order valence-electron chi connectivity index (χ4n) is 2.04. The summed E-state index contributed by atoms with van der Waals surface area (Å²) in [7, 11) is 0. The minimum absolute atomic E-state index is 0.114. The van der Waals surface area contributed by atoms with E-state index < -0.39 is 0 Å². The summed E-state index contributed by atoms with van der Waals surface area (Å²) in [5.41, 5.74) is 8.25. The molecule has 0 aromatic heterocycles. The van der Waals surface area contributed by atoms with Crippen molar-refractivity contribution in [2.45, 2.75) is 26.0 Å². The monoisotopic (exact) mass is 397 g/mol. The molecular formula is C16H17Br2NO. The molecule has 0 radical (unpaired) electrons. The highest BCUT2D eigenvalue weighted by Gasteiger charge is 2.21. The molecule has 0 aliphatic carbocycles. The summed E-state index contributed by atoms with van der Waals surface area (Å²) >= 11 is 7.03. The first kappa shape index (κ1) is 15.5. The second-order valence-corrected chi connectivity index (χ2v) is 6.60. The molecule has 2 aromatic carbocycles.